The van der Waals surface area contributed by atoms with Gasteiger partial charge in [-0.25, -0.2) is 13.2 Å². The molecule has 1 aliphatic rings. The SMILES string of the molecule is Cc1cncc2cccc(S(=O)(=O)N3CCCN(C(=O)CNC(=O)OC(C)(C)C)C[C@@H]3C)c12. The van der Waals surface area contributed by atoms with Crippen molar-refractivity contribution < 1.29 is 22.7 Å². The number of nitrogens with zero attached hydrogens (tertiary/aromatic N) is 3. The summed E-state index contributed by atoms with van der Waals surface area (Å²) in [6.45, 7) is 9.61. The number of fused-ring (bicyclic) bond motifs is 1. The fourth-order valence-electron chi connectivity index (χ4n) is 4.01. The second kappa shape index (κ2) is 9.64. The van der Waals surface area contributed by atoms with Gasteiger partial charge in [0.15, 0.2) is 0 Å². The number of carbonyl (C=O) groups is 2. The van der Waals surface area contributed by atoms with E-state index in [0.29, 0.717) is 24.9 Å². The van der Waals surface area contributed by atoms with Gasteiger partial charge in [0.05, 0.1) is 4.90 Å². The molecular formula is C23H32N4O5S. The number of benzene rings is 1. The van der Waals surface area contributed by atoms with Crippen molar-refractivity contribution in [1.29, 1.82) is 0 Å². The van der Waals surface area contributed by atoms with Crippen molar-refractivity contribution in [2.75, 3.05) is 26.2 Å². The van der Waals surface area contributed by atoms with E-state index in [0.717, 1.165) is 10.9 Å². The number of carbonyl (C=O) groups excluding carboxylic acids is 2. The first kappa shape index (κ1) is 24.9. The molecule has 0 radical (unpaired) electrons. The number of ether oxygens (including phenoxy) is 1. The zero-order valence-corrected chi connectivity index (χ0v) is 20.6. The molecule has 180 valence electrons. The molecule has 1 aromatic carbocycles. The Balaban J connectivity index is 1.75. The van der Waals surface area contributed by atoms with Crippen LogP contribution in [0.25, 0.3) is 10.8 Å². The number of nitrogens with one attached hydrogen (secondary N) is 1. The Bertz CT molecular complexity index is 1140. The number of rotatable bonds is 4. The summed E-state index contributed by atoms with van der Waals surface area (Å²) < 4.78 is 34.0. The minimum atomic E-state index is -3.80. The maximum Gasteiger partial charge on any atom is 0.408 e. The number of hydrogen-bond acceptors (Lipinski definition) is 6. The maximum absolute atomic E-state index is 13.7. The van der Waals surface area contributed by atoms with Crippen LogP contribution < -0.4 is 5.32 Å². The molecule has 33 heavy (non-hydrogen) atoms. The molecule has 1 aromatic heterocycles. The van der Waals surface area contributed by atoms with Crippen LogP contribution in [0.15, 0.2) is 35.5 Å². The Morgan fingerprint density at radius 3 is 2.64 bits per heavy atom. The van der Waals surface area contributed by atoms with E-state index in [1.165, 1.54) is 4.31 Å². The number of alkyl carbamates (subject to hydrolysis) is 1. The van der Waals surface area contributed by atoms with Gasteiger partial charge < -0.3 is 15.0 Å². The van der Waals surface area contributed by atoms with Gasteiger partial charge in [-0.3, -0.25) is 9.78 Å². The van der Waals surface area contributed by atoms with Crippen LogP contribution >= 0.6 is 0 Å². The summed E-state index contributed by atoms with van der Waals surface area (Å²) in [5, 5.41) is 3.91. The fourth-order valence-corrected chi connectivity index (χ4v) is 5.96. The topological polar surface area (TPSA) is 109 Å². The standard InChI is InChI=1S/C23H32N4O5S/c1-16-12-24-13-18-8-6-9-19(21(16)18)33(30,31)27-11-7-10-26(15-17(27)2)20(28)14-25-22(29)32-23(3,4)5/h6,8-9,12-13,17H,7,10-11,14-15H2,1-5H3,(H,25,29)/t17-/m0/s1. The number of hydrogen-bond donors (Lipinski definition) is 1. The molecular weight excluding hydrogens is 444 g/mol. The predicted molar refractivity (Wildman–Crippen MR) is 125 cm³/mol. The third kappa shape index (κ3) is 5.80. The van der Waals surface area contributed by atoms with Crippen LogP contribution in [-0.4, -0.2) is 72.4 Å². The van der Waals surface area contributed by atoms with Crippen LogP contribution in [0.5, 0.6) is 0 Å². The van der Waals surface area contributed by atoms with Crippen LogP contribution in [-0.2, 0) is 19.6 Å². The highest BCUT2D eigenvalue weighted by molar-refractivity contribution is 7.89. The largest absolute Gasteiger partial charge is 0.444 e. The van der Waals surface area contributed by atoms with Crippen molar-refractivity contribution in [3.05, 3.63) is 36.2 Å². The highest BCUT2D eigenvalue weighted by atomic mass is 32.2. The van der Waals surface area contributed by atoms with Crippen molar-refractivity contribution in [3.8, 4) is 0 Å². The molecule has 1 aliphatic heterocycles. The van der Waals surface area contributed by atoms with Gasteiger partial charge in [-0.1, -0.05) is 12.1 Å². The van der Waals surface area contributed by atoms with E-state index in [1.54, 1.807) is 57.1 Å². The number of sulfonamides is 1. The molecule has 1 fully saturated rings. The van der Waals surface area contributed by atoms with Crippen molar-refractivity contribution >= 4 is 32.8 Å². The Labute approximate surface area is 195 Å². The summed E-state index contributed by atoms with van der Waals surface area (Å²) in [4.78, 5) is 30.6. The summed E-state index contributed by atoms with van der Waals surface area (Å²) in [5.74, 6) is -0.279. The Hall–Kier alpha value is -2.72. The zero-order chi connectivity index (χ0) is 24.4. The van der Waals surface area contributed by atoms with Crippen molar-refractivity contribution in [3.63, 3.8) is 0 Å². The molecule has 2 amide bonds. The predicted octanol–water partition coefficient (Wildman–Crippen LogP) is 2.68. The summed E-state index contributed by atoms with van der Waals surface area (Å²) in [6.07, 6.45) is 3.15. The van der Waals surface area contributed by atoms with Gasteiger partial charge in [0.1, 0.15) is 12.1 Å². The second-order valence-electron chi connectivity index (χ2n) is 9.32. The van der Waals surface area contributed by atoms with Crippen molar-refractivity contribution in [2.45, 2.75) is 57.6 Å². The first-order valence-corrected chi connectivity index (χ1v) is 12.4. The molecule has 3 rings (SSSR count). The van der Waals surface area contributed by atoms with Crippen LogP contribution in [0.4, 0.5) is 4.79 Å². The number of aryl methyl sites for hydroxylation is 1. The molecule has 0 saturated carbocycles. The molecule has 0 spiro atoms. The van der Waals surface area contributed by atoms with E-state index in [1.807, 2.05) is 13.0 Å². The van der Waals surface area contributed by atoms with Gasteiger partial charge in [0.2, 0.25) is 15.9 Å². The van der Waals surface area contributed by atoms with Crippen LogP contribution in [0, 0.1) is 6.92 Å². The van der Waals surface area contributed by atoms with Gasteiger partial charge in [0, 0.05) is 48.8 Å². The van der Waals surface area contributed by atoms with E-state index < -0.39 is 27.8 Å². The summed E-state index contributed by atoms with van der Waals surface area (Å²) in [5.41, 5.74) is 0.133. The van der Waals surface area contributed by atoms with Gasteiger partial charge in [0.25, 0.3) is 0 Å². The molecule has 1 N–H and O–H groups in total. The number of pyridine rings is 1. The minimum Gasteiger partial charge on any atom is -0.444 e. The van der Waals surface area contributed by atoms with Crippen LogP contribution in [0.2, 0.25) is 0 Å². The molecule has 0 aliphatic carbocycles. The van der Waals surface area contributed by atoms with Crippen molar-refractivity contribution in [2.24, 2.45) is 0 Å². The second-order valence-corrected chi connectivity index (χ2v) is 11.2. The lowest BCUT2D eigenvalue weighted by atomic mass is 10.1. The summed E-state index contributed by atoms with van der Waals surface area (Å²) in [7, 11) is -3.80. The Morgan fingerprint density at radius 1 is 1.21 bits per heavy atom. The van der Waals surface area contributed by atoms with Gasteiger partial charge in [-0.2, -0.15) is 4.31 Å². The summed E-state index contributed by atoms with van der Waals surface area (Å²) in [6, 6.07) is 4.76. The third-order valence-electron chi connectivity index (χ3n) is 5.44. The fraction of sp³-hybridized carbons (Fsp3) is 0.522. The smallest absolute Gasteiger partial charge is 0.408 e. The molecule has 1 atom stereocenters. The number of aromatic nitrogens is 1. The maximum atomic E-state index is 13.7. The molecule has 1 saturated heterocycles. The Morgan fingerprint density at radius 2 is 1.94 bits per heavy atom. The first-order chi connectivity index (χ1) is 15.4. The minimum absolute atomic E-state index is 0.204. The normalized spacial score (nSPS) is 18.1. The van der Waals surface area contributed by atoms with E-state index >= 15 is 0 Å². The third-order valence-corrected chi connectivity index (χ3v) is 7.50. The lowest BCUT2D eigenvalue weighted by Gasteiger charge is -2.29. The highest BCUT2D eigenvalue weighted by Gasteiger charge is 2.34. The van der Waals surface area contributed by atoms with Gasteiger partial charge >= 0.3 is 6.09 Å². The van der Waals surface area contributed by atoms with E-state index in [2.05, 4.69) is 10.3 Å². The van der Waals surface area contributed by atoms with E-state index in [9.17, 15) is 18.0 Å². The highest BCUT2D eigenvalue weighted by Crippen LogP contribution is 2.29. The molecule has 0 bridgehead atoms. The lowest BCUT2D eigenvalue weighted by molar-refractivity contribution is -0.130. The van der Waals surface area contributed by atoms with Crippen LogP contribution in [0.1, 0.15) is 39.7 Å². The zero-order valence-electron chi connectivity index (χ0n) is 19.8. The monoisotopic (exact) mass is 476 g/mol. The van der Waals surface area contributed by atoms with E-state index in [-0.39, 0.29) is 23.9 Å². The molecule has 2 heterocycles. The molecule has 2 aromatic rings. The van der Waals surface area contributed by atoms with Gasteiger partial charge in [-0.15, -0.1) is 0 Å². The molecule has 10 heteroatoms. The average Bonchev–Trinajstić information content (AvgIpc) is 2.92. The average molecular weight is 477 g/mol. The Kier molecular flexibility index (Phi) is 7.28. The summed E-state index contributed by atoms with van der Waals surface area (Å²) >= 11 is 0. The lowest BCUT2D eigenvalue weighted by Crippen LogP contribution is -2.46. The van der Waals surface area contributed by atoms with Crippen LogP contribution in [0.3, 0.4) is 0 Å². The molecule has 0 unspecified atom stereocenters. The van der Waals surface area contributed by atoms with Gasteiger partial charge in [-0.05, 0) is 52.7 Å². The quantitative estimate of drug-likeness (QED) is 0.727. The van der Waals surface area contributed by atoms with Crippen molar-refractivity contribution in [1.82, 2.24) is 19.5 Å². The van der Waals surface area contributed by atoms with E-state index in [4.69, 9.17) is 4.74 Å². The first-order valence-electron chi connectivity index (χ1n) is 11.0. The number of amides is 2. The molecule has 9 nitrogen and oxygen atoms in total.